The average molecular weight is 197 g/mol. The number of unbranched alkanes of at least 4 members (excludes halogenated alkanes) is 1. The Bertz CT molecular complexity index is 147. The molecular weight excluding hydrogens is 183 g/mol. The summed E-state index contributed by atoms with van der Waals surface area (Å²) in [7, 11) is 0. The summed E-state index contributed by atoms with van der Waals surface area (Å²) in [5.41, 5.74) is 0. The molecule has 0 amide bonds. The quantitative estimate of drug-likeness (QED) is 0.499. The van der Waals surface area contributed by atoms with Crippen molar-refractivity contribution in [2.24, 2.45) is 0 Å². The van der Waals surface area contributed by atoms with Crippen molar-refractivity contribution in [1.82, 2.24) is 5.32 Å². The third-order valence-corrected chi connectivity index (χ3v) is 1.48. The van der Waals surface area contributed by atoms with Crippen LogP contribution in [0, 0.1) is 0 Å². The van der Waals surface area contributed by atoms with Gasteiger partial charge in [0.1, 0.15) is 0 Å². The third-order valence-electron chi connectivity index (χ3n) is 1.48. The fourth-order valence-electron chi connectivity index (χ4n) is 0.726. The lowest BCUT2D eigenvalue weighted by Crippen LogP contribution is -2.38. The molecule has 0 bridgehead atoms. The molecule has 0 rings (SSSR count). The molecule has 1 unspecified atom stereocenters. The summed E-state index contributed by atoms with van der Waals surface area (Å²) in [6, 6.07) is 0. The minimum Gasteiger partial charge on any atom is -0.382 e. The molecule has 0 aromatic heterocycles. The van der Waals surface area contributed by atoms with Gasteiger partial charge in [-0.05, 0) is 19.4 Å². The van der Waals surface area contributed by atoms with Gasteiger partial charge in [-0.1, -0.05) is 6.08 Å². The standard InChI is InChI=1S/C8H14F3NO/c1-2-3-4-5-12-6-7(13)8(9,10)11/h2,7,12-13H,1,3-6H2. The fourth-order valence-corrected chi connectivity index (χ4v) is 0.726. The summed E-state index contributed by atoms with van der Waals surface area (Å²) in [6.45, 7) is 3.49. The van der Waals surface area contributed by atoms with Crippen LogP contribution in [0.3, 0.4) is 0 Å². The molecule has 13 heavy (non-hydrogen) atoms. The van der Waals surface area contributed by atoms with Crippen LogP contribution < -0.4 is 5.32 Å². The summed E-state index contributed by atoms with van der Waals surface area (Å²) in [6.07, 6.45) is -3.60. The maximum absolute atomic E-state index is 11.7. The summed E-state index contributed by atoms with van der Waals surface area (Å²) < 4.78 is 35.2. The topological polar surface area (TPSA) is 32.3 Å². The van der Waals surface area contributed by atoms with Crippen LogP contribution in [0.4, 0.5) is 13.2 Å². The maximum Gasteiger partial charge on any atom is 0.415 e. The summed E-state index contributed by atoms with van der Waals surface area (Å²) in [5.74, 6) is 0. The highest BCUT2D eigenvalue weighted by molar-refractivity contribution is 4.70. The van der Waals surface area contributed by atoms with E-state index in [4.69, 9.17) is 5.11 Å². The van der Waals surface area contributed by atoms with E-state index in [-0.39, 0.29) is 0 Å². The monoisotopic (exact) mass is 197 g/mol. The van der Waals surface area contributed by atoms with Crippen molar-refractivity contribution < 1.29 is 18.3 Å². The molecule has 0 aliphatic heterocycles. The SMILES string of the molecule is C=CCCCNCC(O)C(F)(F)F. The molecule has 0 saturated heterocycles. The lowest BCUT2D eigenvalue weighted by molar-refractivity contribution is -0.201. The van der Waals surface area contributed by atoms with Gasteiger partial charge in [0.2, 0.25) is 0 Å². The second kappa shape index (κ2) is 5.99. The molecule has 2 nitrogen and oxygen atoms in total. The van der Waals surface area contributed by atoms with Gasteiger partial charge in [-0.15, -0.1) is 6.58 Å². The smallest absolute Gasteiger partial charge is 0.382 e. The minimum absolute atomic E-state index is 0.444. The Hall–Kier alpha value is -0.550. The number of nitrogens with one attached hydrogen (secondary N) is 1. The highest BCUT2D eigenvalue weighted by Crippen LogP contribution is 2.18. The van der Waals surface area contributed by atoms with Crippen molar-refractivity contribution in [3.63, 3.8) is 0 Å². The van der Waals surface area contributed by atoms with Crippen LogP contribution in [-0.2, 0) is 0 Å². The van der Waals surface area contributed by atoms with Crippen molar-refractivity contribution in [3.05, 3.63) is 12.7 Å². The second-order valence-electron chi connectivity index (χ2n) is 2.69. The highest BCUT2D eigenvalue weighted by atomic mass is 19.4. The van der Waals surface area contributed by atoms with E-state index in [2.05, 4.69) is 11.9 Å². The predicted octanol–water partition coefficient (Wildman–Crippen LogP) is 1.47. The summed E-state index contributed by atoms with van der Waals surface area (Å²) in [5, 5.41) is 11.0. The van der Waals surface area contributed by atoms with E-state index in [1.54, 1.807) is 6.08 Å². The lowest BCUT2D eigenvalue weighted by atomic mass is 10.3. The van der Waals surface area contributed by atoms with Gasteiger partial charge in [0.15, 0.2) is 6.10 Å². The van der Waals surface area contributed by atoms with Crippen LogP contribution in [0.2, 0.25) is 0 Å². The molecule has 0 radical (unpaired) electrons. The van der Waals surface area contributed by atoms with E-state index in [0.29, 0.717) is 6.54 Å². The van der Waals surface area contributed by atoms with Crippen molar-refractivity contribution >= 4 is 0 Å². The van der Waals surface area contributed by atoms with Crippen molar-refractivity contribution in [2.75, 3.05) is 13.1 Å². The maximum atomic E-state index is 11.7. The van der Waals surface area contributed by atoms with Crippen molar-refractivity contribution in [3.8, 4) is 0 Å². The first-order valence-corrected chi connectivity index (χ1v) is 4.05. The number of rotatable bonds is 6. The molecule has 78 valence electrons. The first-order valence-electron chi connectivity index (χ1n) is 4.05. The number of aliphatic hydroxyl groups excluding tert-OH is 1. The molecule has 0 aromatic carbocycles. The van der Waals surface area contributed by atoms with Crippen LogP contribution in [0.5, 0.6) is 0 Å². The van der Waals surface area contributed by atoms with E-state index in [9.17, 15) is 13.2 Å². The fraction of sp³-hybridized carbons (Fsp3) is 0.750. The van der Waals surface area contributed by atoms with Crippen LogP contribution in [-0.4, -0.2) is 30.5 Å². The van der Waals surface area contributed by atoms with Gasteiger partial charge in [0.05, 0.1) is 0 Å². The summed E-state index contributed by atoms with van der Waals surface area (Å²) in [4.78, 5) is 0. The molecule has 0 fully saturated rings. The number of hydrogen-bond donors (Lipinski definition) is 2. The minimum atomic E-state index is -4.52. The van der Waals surface area contributed by atoms with Gasteiger partial charge >= 0.3 is 6.18 Å². The van der Waals surface area contributed by atoms with Crippen molar-refractivity contribution in [2.45, 2.75) is 25.1 Å². The number of alkyl halides is 3. The van der Waals surface area contributed by atoms with Crippen LogP contribution >= 0.6 is 0 Å². The Kier molecular flexibility index (Phi) is 5.73. The van der Waals surface area contributed by atoms with Gasteiger partial charge in [0, 0.05) is 6.54 Å². The molecular formula is C8H14F3NO. The highest BCUT2D eigenvalue weighted by Gasteiger charge is 2.37. The van der Waals surface area contributed by atoms with E-state index >= 15 is 0 Å². The van der Waals surface area contributed by atoms with Gasteiger partial charge < -0.3 is 10.4 Å². The Morgan fingerprint density at radius 1 is 1.46 bits per heavy atom. The van der Waals surface area contributed by atoms with Gasteiger partial charge in [0.25, 0.3) is 0 Å². The average Bonchev–Trinajstić information content (AvgIpc) is 2.02. The molecule has 0 aromatic rings. The Balaban J connectivity index is 3.37. The molecule has 0 saturated carbocycles. The normalized spacial score (nSPS) is 14.2. The molecule has 0 aliphatic rings. The largest absolute Gasteiger partial charge is 0.415 e. The van der Waals surface area contributed by atoms with E-state index < -0.39 is 18.8 Å². The van der Waals surface area contributed by atoms with Gasteiger partial charge in [-0.25, -0.2) is 0 Å². The van der Waals surface area contributed by atoms with Crippen LogP contribution in [0.25, 0.3) is 0 Å². The molecule has 1 atom stereocenters. The van der Waals surface area contributed by atoms with E-state index in [1.807, 2.05) is 0 Å². The van der Waals surface area contributed by atoms with E-state index in [0.717, 1.165) is 12.8 Å². The molecule has 5 heteroatoms. The third kappa shape index (κ3) is 6.60. The zero-order valence-electron chi connectivity index (χ0n) is 7.27. The molecule has 0 spiro atoms. The molecule has 0 aliphatic carbocycles. The summed E-state index contributed by atoms with van der Waals surface area (Å²) >= 11 is 0. The molecule has 2 N–H and O–H groups in total. The first-order chi connectivity index (χ1) is 5.98. The lowest BCUT2D eigenvalue weighted by Gasteiger charge is -2.14. The Morgan fingerprint density at radius 2 is 2.08 bits per heavy atom. The Labute approximate surface area is 75.4 Å². The van der Waals surface area contributed by atoms with Crippen LogP contribution in [0.15, 0.2) is 12.7 Å². The number of aliphatic hydroxyl groups is 1. The number of hydrogen-bond acceptors (Lipinski definition) is 2. The van der Waals surface area contributed by atoms with E-state index in [1.165, 1.54) is 0 Å². The Morgan fingerprint density at radius 3 is 2.54 bits per heavy atom. The molecule has 0 heterocycles. The van der Waals surface area contributed by atoms with Gasteiger partial charge in [-0.3, -0.25) is 0 Å². The zero-order chi connectivity index (χ0) is 10.3. The predicted molar refractivity (Wildman–Crippen MR) is 44.4 cm³/mol. The van der Waals surface area contributed by atoms with Crippen molar-refractivity contribution in [1.29, 1.82) is 0 Å². The zero-order valence-corrected chi connectivity index (χ0v) is 7.27. The number of halogens is 3. The first kappa shape index (κ1) is 12.4. The van der Waals surface area contributed by atoms with Gasteiger partial charge in [-0.2, -0.15) is 13.2 Å². The second-order valence-corrected chi connectivity index (χ2v) is 2.69. The van der Waals surface area contributed by atoms with Crippen LogP contribution in [0.1, 0.15) is 12.8 Å². The number of allylic oxidation sites excluding steroid dienone is 1.